The summed E-state index contributed by atoms with van der Waals surface area (Å²) < 4.78 is 6.44. The summed E-state index contributed by atoms with van der Waals surface area (Å²) >= 11 is 0. The molecule has 1 heterocycles. The van der Waals surface area contributed by atoms with Gasteiger partial charge in [0.1, 0.15) is 11.2 Å². The number of furan rings is 1. The van der Waals surface area contributed by atoms with Gasteiger partial charge < -0.3 is 9.32 Å². The summed E-state index contributed by atoms with van der Waals surface area (Å²) in [4.78, 5) is 2.38. The van der Waals surface area contributed by atoms with Crippen molar-refractivity contribution in [3.05, 3.63) is 237 Å². The van der Waals surface area contributed by atoms with E-state index in [-0.39, 0.29) is 0 Å². The molecule has 0 bridgehead atoms. The molecule has 0 atom stereocenters. The van der Waals surface area contributed by atoms with Crippen LogP contribution >= 0.6 is 0 Å². The van der Waals surface area contributed by atoms with Crippen molar-refractivity contribution >= 4 is 49.8 Å². The fourth-order valence-corrected chi connectivity index (χ4v) is 8.73. The monoisotopic (exact) mass is 765 g/mol. The van der Waals surface area contributed by atoms with Crippen molar-refractivity contribution in [2.45, 2.75) is 0 Å². The van der Waals surface area contributed by atoms with Crippen LogP contribution in [0.4, 0.5) is 17.1 Å². The molecular weight excluding hydrogens is 727 g/mol. The van der Waals surface area contributed by atoms with Crippen molar-refractivity contribution in [2.75, 3.05) is 4.90 Å². The van der Waals surface area contributed by atoms with E-state index in [4.69, 9.17) is 4.42 Å². The predicted molar refractivity (Wildman–Crippen MR) is 253 cm³/mol. The second kappa shape index (κ2) is 15.1. The summed E-state index contributed by atoms with van der Waals surface area (Å²) in [5, 5.41) is 4.67. The van der Waals surface area contributed by atoms with Gasteiger partial charge in [-0.15, -0.1) is 0 Å². The number of anilines is 3. The summed E-state index contributed by atoms with van der Waals surface area (Å²) in [5.74, 6) is 0. The molecule has 0 radical (unpaired) electrons. The zero-order valence-corrected chi connectivity index (χ0v) is 32.9. The van der Waals surface area contributed by atoms with Crippen LogP contribution in [0.5, 0.6) is 0 Å². The Bertz CT molecular complexity index is 3250. The Morgan fingerprint density at radius 2 is 0.783 bits per heavy atom. The lowest BCUT2D eigenvalue weighted by Gasteiger charge is -2.27. The highest BCUT2D eigenvalue weighted by Gasteiger charge is 2.20. The highest BCUT2D eigenvalue weighted by atomic mass is 16.3. The fraction of sp³-hybridized carbons (Fsp3) is 0. The van der Waals surface area contributed by atoms with E-state index in [0.717, 1.165) is 55.7 Å². The normalized spacial score (nSPS) is 11.3. The van der Waals surface area contributed by atoms with Crippen LogP contribution in [0, 0.1) is 0 Å². The van der Waals surface area contributed by atoms with Crippen molar-refractivity contribution in [1.82, 2.24) is 0 Å². The molecule has 2 heteroatoms. The Morgan fingerprint density at radius 1 is 0.283 bits per heavy atom. The molecule has 11 rings (SSSR count). The summed E-state index contributed by atoms with van der Waals surface area (Å²) in [7, 11) is 0. The topological polar surface area (TPSA) is 16.4 Å². The number of para-hydroxylation sites is 1. The van der Waals surface area contributed by atoms with E-state index in [1.54, 1.807) is 0 Å². The predicted octanol–water partition coefficient (Wildman–Crippen LogP) is 16.5. The van der Waals surface area contributed by atoms with Crippen LogP contribution in [0.1, 0.15) is 0 Å². The Morgan fingerprint density at radius 3 is 1.52 bits per heavy atom. The van der Waals surface area contributed by atoms with Gasteiger partial charge in [0.15, 0.2) is 0 Å². The van der Waals surface area contributed by atoms with Gasteiger partial charge in [-0.2, -0.15) is 0 Å². The zero-order valence-electron chi connectivity index (χ0n) is 32.9. The minimum Gasteiger partial charge on any atom is -0.456 e. The van der Waals surface area contributed by atoms with Crippen molar-refractivity contribution in [3.63, 3.8) is 0 Å². The molecule has 0 amide bonds. The first kappa shape index (κ1) is 35.2. The van der Waals surface area contributed by atoms with E-state index in [9.17, 15) is 0 Å². The molecule has 11 aromatic rings. The number of nitrogens with zero attached hydrogens (tertiary/aromatic N) is 1. The van der Waals surface area contributed by atoms with Gasteiger partial charge in [0.2, 0.25) is 0 Å². The standard InChI is InChI=1S/C58H39NO/c1-3-15-40(16-4-1)47-36-48(41-17-5-2-6-18-41)38-49(37-47)42-31-33-50(34-32-42)59(55-28-14-30-57-58(55)54-26-9-10-29-56(54)60-57)51-24-12-22-45(39-51)44-21-11-23-46(35-44)53-27-13-20-43-19-7-8-25-52(43)53/h1-39H. The highest BCUT2D eigenvalue weighted by Crippen LogP contribution is 2.44. The Labute approximate surface area is 349 Å². The van der Waals surface area contributed by atoms with Crippen LogP contribution in [0.15, 0.2) is 241 Å². The maximum atomic E-state index is 6.44. The summed E-state index contributed by atoms with van der Waals surface area (Å²) in [6, 6.07) is 84.9. The van der Waals surface area contributed by atoms with Crippen LogP contribution in [0.2, 0.25) is 0 Å². The lowest BCUT2D eigenvalue weighted by Crippen LogP contribution is -2.10. The third kappa shape index (κ3) is 6.51. The van der Waals surface area contributed by atoms with E-state index >= 15 is 0 Å². The molecule has 10 aromatic carbocycles. The van der Waals surface area contributed by atoms with Gasteiger partial charge in [-0.05, 0) is 133 Å². The molecule has 60 heavy (non-hydrogen) atoms. The average molecular weight is 766 g/mol. The number of benzene rings is 10. The molecule has 0 aliphatic carbocycles. The summed E-state index contributed by atoms with van der Waals surface area (Å²) in [6.07, 6.45) is 0. The average Bonchev–Trinajstić information content (AvgIpc) is 3.72. The van der Waals surface area contributed by atoms with Crippen molar-refractivity contribution < 1.29 is 4.42 Å². The lowest BCUT2D eigenvalue weighted by molar-refractivity contribution is 0.669. The van der Waals surface area contributed by atoms with Gasteiger partial charge in [0.25, 0.3) is 0 Å². The van der Waals surface area contributed by atoms with Crippen LogP contribution in [0.3, 0.4) is 0 Å². The Balaban J connectivity index is 1.05. The SMILES string of the molecule is c1ccc(-c2cc(-c3ccccc3)cc(-c3ccc(N(c4cccc(-c5cccc(-c6cccc7ccccc67)c5)c4)c4cccc5oc6ccccc6c45)cc3)c2)cc1. The molecule has 2 nitrogen and oxygen atoms in total. The first-order valence-corrected chi connectivity index (χ1v) is 20.5. The van der Waals surface area contributed by atoms with E-state index in [2.05, 4.69) is 235 Å². The maximum Gasteiger partial charge on any atom is 0.137 e. The lowest BCUT2D eigenvalue weighted by atomic mass is 9.93. The van der Waals surface area contributed by atoms with Crippen LogP contribution in [-0.2, 0) is 0 Å². The quantitative estimate of drug-likeness (QED) is 0.153. The minimum atomic E-state index is 0.862. The number of fused-ring (bicyclic) bond motifs is 4. The van der Waals surface area contributed by atoms with Crippen LogP contribution in [0.25, 0.3) is 88.3 Å². The van der Waals surface area contributed by atoms with Crippen molar-refractivity contribution in [1.29, 1.82) is 0 Å². The van der Waals surface area contributed by atoms with Gasteiger partial charge in [0.05, 0.1) is 11.1 Å². The highest BCUT2D eigenvalue weighted by molar-refractivity contribution is 6.13. The third-order valence-corrected chi connectivity index (χ3v) is 11.6. The summed E-state index contributed by atoms with van der Waals surface area (Å²) in [6.45, 7) is 0. The molecule has 0 saturated heterocycles. The molecule has 0 fully saturated rings. The van der Waals surface area contributed by atoms with Crippen molar-refractivity contribution in [2.24, 2.45) is 0 Å². The van der Waals surface area contributed by atoms with Crippen molar-refractivity contribution in [3.8, 4) is 55.6 Å². The molecule has 0 aliphatic rings. The smallest absolute Gasteiger partial charge is 0.137 e. The largest absolute Gasteiger partial charge is 0.456 e. The zero-order chi connectivity index (χ0) is 39.8. The fourth-order valence-electron chi connectivity index (χ4n) is 8.73. The first-order valence-electron chi connectivity index (χ1n) is 20.5. The Hall–Kier alpha value is -7.94. The minimum absolute atomic E-state index is 0.862. The van der Waals surface area contributed by atoms with Gasteiger partial charge in [-0.25, -0.2) is 0 Å². The summed E-state index contributed by atoms with van der Waals surface area (Å²) in [5.41, 5.74) is 16.8. The maximum absolute atomic E-state index is 6.44. The van der Waals surface area contributed by atoms with E-state index in [0.29, 0.717) is 0 Å². The second-order valence-electron chi connectivity index (χ2n) is 15.3. The number of hydrogen-bond acceptors (Lipinski definition) is 2. The van der Waals surface area contributed by atoms with Gasteiger partial charge >= 0.3 is 0 Å². The van der Waals surface area contributed by atoms with Gasteiger partial charge in [-0.1, -0.05) is 170 Å². The number of hydrogen-bond donors (Lipinski definition) is 0. The molecule has 282 valence electrons. The molecule has 0 spiro atoms. The second-order valence-corrected chi connectivity index (χ2v) is 15.3. The molecular formula is C58H39NO. The molecule has 0 saturated carbocycles. The molecule has 1 aromatic heterocycles. The molecule has 0 N–H and O–H groups in total. The molecule has 0 unspecified atom stereocenters. The Kier molecular flexibility index (Phi) is 8.87. The van der Waals surface area contributed by atoms with E-state index in [1.165, 1.54) is 49.7 Å². The van der Waals surface area contributed by atoms with Gasteiger partial charge in [-0.3, -0.25) is 0 Å². The third-order valence-electron chi connectivity index (χ3n) is 11.6. The van der Waals surface area contributed by atoms with Crippen LogP contribution in [-0.4, -0.2) is 0 Å². The van der Waals surface area contributed by atoms with Gasteiger partial charge in [0, 0.05) is 16.8 Å². The van der Waals surface area contributed by atoms with E-state index in [1.807, 2.05) is 6.07 Å². The number of rotatable bonds is 8. The molecule has 0 aliphatic heterocycles. The van der Waals surface area contributed by atoms with Crippen LogP contribution < -0.4 is 4.90 Å². The van der Waals surface area contributed by atoms with E-state index < -0.39 is 0 Å². The first-order chi connectivity index (χ1) is 29.7.